The van der Waals surface area contributed by atoms with Crippen molar-refractivity contribution in [2.75, 3.05) is 50.8 Å². The molecule has 1 atom stereocenters. The minimum Gasteiger partial charge on any atom is -0.389 e. The normalized spacial score (nSPS) is 16.8. The van der Waals surface area contributed by atoms with E-state index >= 15 is 0 Å². The van der Waals surface area contributed by atoms with Crippen LogP contribution < -0.4 is 4.90 Å². The maximum atomic E-state index is 9.98. The van der Waals surface area contributed by atoms with Gasteiger partial charge in [-0.2, -0.15) is 0 Å². The van der Waals surface area contributed by atoms with Crippen LogP contribution in [0.2, 0.25) is 0 Å². The summed E-state index contributed by atoms with van der Waals surface area (Å²) in [4.78, 5) is 13.7. The highest BCUT2D eigenvalue weighted by molar-refractivity contribution is 5.57. The largest absolute Gasteiger partial charge is 0.389 e. The van der Waals surface area contributed by atoms with Gasteiger partial charge in [0.2, 0.25) is 0 Å². The summed E-state index contributed by atoms with van der Waals surface area (Å²) < 4.78 is 5.28. The van der Waals surface area contributed by atoms with Crippen molar-refractivity contribution in [3.63, 3.8) is 0 Å². The van der Waals surface area contributed by atoms with Gasteiger partial charge in [0.05, 0.1) is 12.7 Å². The van der Waals surface area contributed by atoms with E-state index in [1.807, 2.05) is 49.5 Å². The molecule has 0 bridgehead atoms. The zero-order chi connectivity index (χ0) is 17.5. The SMILES string of the molecule is CCOCC(O)CN1CCN(c2ccnc(-c3ccccc3)n2)CC1. The predicted molar refractivity (Wildman–Crippen MR) is 98.6 cm³/mol. The summed E-state index contributed by atoms with van der Waals surface area (Å²) in [6.45, 7) is 7.26. The molecule has 1 aliphatic heterocycles. The lowest BCUT2D eigenvalue weighted by molar-refractivity contribution is 0.0202. The molecule has 1 fully saturated rings. The molecule has 6 nitrogen and oxygen atoms in total. The fourth-order valence-corrected chi connectivity index (χ4v) is 3.02. The van der Waals surface area contributed by atoms with Gasteiger partial charge in [0, 0.05) is 51.1 Å². The van der Waals surface area contributed by atoms with Gasteiger partial charge in [-0.25, -0.2) is 9.97 Å². The Balaban J connectivity index is 1.56. The Labute approximate surface area is 149 Å². The molecule has 1 N–H and O–H groups in total. The number of aliphatic hydroxyl groups excluding tert-OH is 1. The first kappa shape index (κ1) is 17.8. The molecule has 6 heteroatoms. The first-order chi connectivity index (χ1) is 12.3. The Hall–Kier alpha value is -2.02. The molecular weight excluding hydrogens is 316 g/mol. The van der Waals surface area contributed by atoms with Gasteiger partial charge in [0.1, 0.15) is 5.82 Å². The van der Waals surface area contributed by atoms with Crippen LogP contribution in [0.25, 0.3) is 11.4 Å². The van der Waals surface area contributed by atoms with Gasteiger partial charge in [-0.05, 0) is 13.0 Å². The zero-order valence-corrected chi connectivity index (χ0v) is 14.7. The molecule has 2 aromatic rings. The quantitative estimate of drug-likeness (QED) is 0.826. The van der Waals surface area contributed by atoms with Crippen LogP contribution in [0.3, 0.4) is 0 Å². The smallest absolute Gasteiger partial charge is 0.161 e. The maximum Gasteiger partial charge on any atom is 0.161 e. The minimum atomic E-state index is -0.421. The van der Waals surface area contributed by atoms with Crippen molar-refractivity contribution in [2.24, 2.45) is 0 Å². The number of β-amino-alcohol motifs (C(OH)–C–C–N with tert-alkyl or cyclic N) is 1. The fourth-order valence-electron chi connectivity index (χ4n) is 3.02. The van der Waals surface area contributed by atoms with Gasteiger partial charge >= 0.3 is 0 Å². The monoisotopic (exact) mass is 342 g/mol. The van der Waals surface area contributed by atoms with E-state index in [0.29, 0.717) is 19.8 Å². The van der Waals surface area contributed by atoms with Crippen LogP contribution >= 0.6 is 0 Å². The van der Waals surface area contributed by atoms with Crippen LogP contribution in [-0.4, -0.2) is 72.0 Å². The second-order valence-corrected chi connectivity index (χ2v) is 6.21. The summed E-state index contributed by atoms with van der Waals surface area (Å²) in [5.74, 6) is 1.72. The van der Waals surface area contributed by atoms with E-state index in [4.69, 9.17) is 9.72 Å². The Morgan fingerprint density at radius 3 is 2.60 bits per heavy atom. The van der Waals surface area contributed by atoms with E-state index < -0.39 is 6.10 Å². The summed E-state index contributed by atoms with van der Waals surface area (Å²) in [7, 11) is 0. The van der Waals surface area contributed by atoms with Crippen molar-refractivity contribution < 1.29 is 9.84 Å². The molecule has 134 valence electrons. The number of hydrogen-bond donors (Lipinski definition) is 1. The molecule has 1 unspecified atom stereocenters. The van der Waals surface area contributed by atoms with Crippen LogP contribution in [0.5, 0.6) is 0 Å². The van der Waals surface area contributed by atoms with Gasteiger partial charge in [-0.15, -0.1) is 0 Å². The van der Waals surface area contributed by atoms with Crippen LogP contribution in [0.4, 0.5) is 5.82 Å². The summed E-state index contributed by atoms with van der Waals surface area (Å²) >= 11 is 0. The van der Waals surface area contributed by atoms with E-state index in [1.54, 1.807) is 0 Å². The molecule has 0 spiro atoms. The maximum absolute atomic E-state index is 9.98. The number of rotatable bonds is 7. The number of ether oxygens (including phenoxy) is 1. The highest BCUT2D eigenvalue weighted by Gasteiger charge is 2.20. The molecule has 25 heavy (non-hydrogen) atoms. The third-order valence-electron chi connectivity index (χ3n) is 4.35. The molecule has 1 aliphatic rings. The zero-order valence-electron chi connectivity index (χ0n) is 14.7. The summed E-state index contributed by atoms with van der Waals surface area (Å²) in [6.07, 6.45) is 1.40. The van der Waals surface area contributed by atoms with Crippen LogP contribution in [0.15, 0.2) is 42.6 Å². The predicted octanol–water partition coefficient (Wildman–Crippen LogP) is 1.66. The molecule has 0 amide bonds. The lowest BCUT2D eigenvalue weighted by atomic mass is 10.2. The van der Waals surface area contributed by atoms with Gasteiger partial charge in [-0.1, -0.05) is 30.3 Å². The van der Waals surface area contributed by atoms with Crippen molar-refractivity contribution in [3.05, 3.63) is 42.6 Å². The number of piperazine rings is 1. The Bertz CT molecular complexity index is 645. The fraction of sp³-hybridized carbons (Fsp3) is 0.474. The van der Waals surface area contributed by atoms with Crippen molar-refractivity contribution in [2.45, 2.75) is 13.0 Å². The molecule has 1 saturated heterocycles. The molecule has 0 aliphatic carbocycles. The number of hydrogen-bond acceptors (Lipinski definition) is 6. The van der Waals surface area contributed by atoms with E-state index in [-0.39, 0.29) is 0 Å². The van der Waals surface area contributed by atoms with Crippen molar-refractivity contribution in [1.29, 1.82) is 0 Å². The van der Waals surface area contributed by atoms with E-state index in [9.17, 15) is 5.11 Å². The lowest BCUT2D eigenvalue weighted by Crippen LogP contribution is -2.49. The third kappa shape index (κ3) is 4.98. The molecular formula is C19H26N4O2. The van der Waals surface area contributed by atoms with Crippen molar-refractivity contribution >= 4 is 5.82 Å². The van der Waals surface area contributed by atoms with Gasteiger partial charge in [-0.3, -0.25) is 4.90 Å². The molecule has 2 heterocycles. The molecule has 1 aromatic heterocycles. The third-order valence-corrected chi connectivity index (χ3v) is 4.35. The minimum absolute atomic E-state index is 0.406. The number of aromatic nitrogens is 2. The second-order valence-electron chi connectivity index (χ2n) is 6.21. The number of benzene rings is 1. The van der Waals surface area contributed by atoms with E-state index in [1.165, 1.54) is 0 Å². The van der Waals surface area contributed by atoms with Crippen molar-refractivity contribution in [1.82, 2.24) is 14.9 Å². The molecule has 1 aromatic carbocycles. The number of aliphatic hydroxyl groups is 1. The van der Waals surface area contributed by atoms with Gasteiger partial charge in [0.15, 0.2) is 5.82 Å². The van der Waals surface area contributed by atoms with Crippen LogP contribution in [0.1, 0.15) is 6.92 Å². The van der Waals surface area contributed by atoms with Gasteiger partial charge < -0.3 is 14.7 Å². The Morgan fingerprint density at radius 1 is 1.12 bits per heavy atom. The topological polar surface area (TPSA) is 61.7 Å². The Kier molecular flexibility index (Phi) is 6.33. The summed E-state index contributed by atoms with van der Waals surface area (Å²) in [5.41, 5.74) is 1.03. The lowest BCUT2D eigenvalue weighted by Gasteiger charge is -2.36. The molecule has 0 radical (unpaired) electrons. The Morgan fingerprint density at radius 2 is 1.88 bits per heavy atom. The summed E-state index contributed by atoms with van der Waals surface area (Å²) in [6, 6.07) is 12.0. The highest BCUT2D eigenvalue weighted by Crippen LogP contribution is 2.19. The average Bonchev–Trinajstić information content (AvgIpc) is 2.68. The standard InChI is InChI=1S/C19H26N4O2/c1-2-25-15-17(24)14-22-10-12-23(13-11-22)18-8-9-20-19(21-18)16-6-4-3-5-7-16/h3-9,17,24H,2,10-15H2,1H3. The van der Waals surface area contributed by atoms with Crippen LogP contribution in [0, 0.1) is 0 Å². The van der Waals surface area contributed by atoms with Crippen LogP contribution in [-0.2, 0) is 4.74 Å². The highest BCUT2D eigenvalue weighted by atomic mass is 16.5. The first-order valence-electron chi connectivity index (χ1n) is 8.88. The molecule has 0 saturated carbocycles. The summed E-state index contributed by atoms with van der Waals surface area (Å²) in [5, 5.41) is 9.98. The average molecular weight is 342 g/mol. The molecule has 3 rings (SSSR count). The van der Waals surface area contributed by atoms with Crippen molar-refractivity contribution in [3.8, 4) is 11.4 Å². The second kappa shape index (κ2) is 8.89. The number of nitrogens with zero attached hydrogens (tertiary/aromatic N) is 4. The van der Waals surface area contributed by atoms with Gasteiger partial charge in [0.25, 0.3) is 0 Å². The van der Waals surface area contributed by atoms with E-state index in [0.717, 1.165) is 43.4 Å². The van der Waals surface area contributed by atoms with E-state index in [2.05, 4.69) is 14.8 Å². The number of anilines is 1. The first-order valence-corrected chi connectivity index (χ1v) is 8.88.